The maximum Gasteiger partial charge on any atom is 0.337 e. The summed E-state index contributed by atoms with van der Waals surface area (Å²) >= 11 is 5.66. The highest BCUT2D eigenvalue weighted by molar-refractivity contribution is 7.92. The van der Waals surface area contributed by atoms with Gasteiger partial charge in [0, 0.05) is 11.8 Å². The summed E-state index contributed by atoms with van der Waals surface area (Å²) in [6.45, 7) is 0. The Morgan fingerprint density at radius 3 is 2.41 bits per heavy atom. The van der Waals surface area contributed by atoms with Crippen molar-refractivity contribution in [2.45, 2.75) is 4.90 Å². The second kappa shape index (κ2) is 5.90. The Balaban J connectivity index is 2.41. The molecule has 0 atom stereocenters. The molecule has 2 aromatic rings. The number of nitrogens with one attached hydrogen (secondary N) is 1. The quantitative estimate of drug-likeness (QED) is 0.890. The molecule has 22 heavy (non-hydrogen) atoms. The molecule has 0 bridgehead atoms. The topological polar surface area (TPSA) is 83.5 Å². The molecule has 0 heterocycles. The van der Waals surface area contributed by atoms with E-state index < -0.39 is 32.5 Å². The number of rotatable bonds is 4. The first-order valence-electron chi connectivity index (χ1n) is 5.71. The van der Waals surface area contributed by atoms with Gasteiger partial charge in [0.05, 0.1) is 10.6 Å². The molecular weight excluding hydrogens is 340 g/mol. The van der Waals surface area contributed by atoms with Crippen LogP contribution in [0.1, 0.15) is 10.4 Å². The molecule has 2 N–H and O–H groups in total. The Hall–Kier alpha value is -2.19. The molecule has 9 heteroatoms. The van der Waals surface area contributed by atoms with Crippen LogP contribution in [0.15, 0.2) is 41.3 Å². The maximum atomic E-state index is 13.5. The van der Waals surface area contributed by atoms with Crippen molar-refractivity contribution in [1.29, 1.82) is 0 Å². The van der Waals surface area contributed by atoms with Crippen molar-refractivity contribution in [3.8, 4) is 0 Å². The van der Waals surface area contributed by atoms with E-state index in [1.165, 1.54) is 12.1 Å². The van der Waals surface area contributed by atoms with Crippen LogP contribution < -0.4 is 4.72 Å². The predicted molar refractivity (Wildman–Crippen MR) is 75.6 cm³/mol. The molecule has 0 saturated heterocycles. The van der Waals surface area contributed by atoms with Crippen LogP contribution in [0.4, 0.5) is 14.5 Å². The van der Waals surface area contributed by atoms with Crippen molar-refractivity contribution < 1.29 is 27.1 Å². The third kappa shape index (κ3) is 3.34. The van der Waals surface area contributed by atoms with Gasteiger partial charge in [-0.15, -0.1) is 0 Å². The number of hydrogen-bond donors (Lipinski definition) is 2. The largest absolute Gasteiger partial charge is 0.478 e. The molecule has 0 aliphatic carbocycles. The van der Waals surface area contributed by atoms with Crippen molar-refractivity contribution in [1.82, 2.24) is 0 Å². The van der Waals surface area contributed by atoms with Gasteiger partial charge in [-0.25, -0.2) is 22.0 Å². The third-order valence-corrected chi connectivity index (χ3v) is 4.38. The number of carbonyl (C=O) groups is 1. The lowest BCUT2D eigenvalue weighted by molar-refractivity contribution is 0.0697. The summed E-state index contributed by atoms with van der Waals surface area (Å²) in [5.74, 6) is -3.53. The van der Waals surface area contributed by atoms with E-state index in [1.54, 1.807) is 0 Å². The highest BCUT2D eigenvalue weighted by Gasteiger charge is 2.20. The molecule has 0 aliphatic rings. The first-order valence-corrected chi connectivity index (χ1v) is 7.57. The molecule has 0 unspecified atom stereocenters. The minimum atomic E-state index is -4.34. The van der Waals surface area contributed by atoms with Crippen molar-refractivity contribution in [2.24, 2.45) is 0 Å². The highest BCUT2D eigenvalue weighted by Crippen LogP contribution is 2.24. The number of hydrogen-bond acceptors (Lipinski definition) is 3. The average molecular weight is 348 g/mol. The fraction of sp³-hybridized carbons (Fsp3) is 0. The molecule has 0 fully saturated rings. The van der Waals surface area contributed by atoms with Crippen LogP contribution in [0.5, 0.6) is 0 Å². The zero-order chi connectivity index (χ0) is 16.5. The zero-order valence-corrected chi connectivity index (χ0v) is 12.3. The van der Waals surface area contributed by atoms with E-state index in [4.69, 9.17) is 16.7 Å². The number of carboxylic acid groups (broad SMARTS) is 1. The van der Waals surface area contributed by atoms with Gasteiger partial charge in [-0.3, -0.25) is 4.72 Å². The van der Waals surface area contributed by atoms with E-state index in [-0.39, 0.29) is 16.3 Å². The smallest absolute Gasteiger partial charge is 0.337 e. The van der Waals surface area contributed by atoms with E-state index in [0.717, 1.165) is 18.2 Å². The van der Waals surface area contributed by atoms with Gasteiger partial charge < -0.3 is 5.11 Å². The van der Waals surface area contributed by atoms with Crippen LogP contribution in [-0.2, 0) is 10.0 Å². The Bertz CT molecular complexity index is 855. The van der Waals surface area contributed by atoms with Gasteiger partial charge in [0.25, 0.3) is 10.0 Å². The van der Waals surface area contributed by atoms with Crippen molar-refractivity contribution in [3.63, 3.8) is 0 Å². The average Bonchev–Trinajstić information content (AvgIpc) is 2.39. The van der Waals surface area contributed by atoms with E-state index in [1.807, 2.05) is 4.72 Å². The van der Waals surface area contributed by atoms with E-state index in [0.29, 0.717) is 6.07 Å². The van der Waals surface area contributed by atoms with Crippen LogP contribution in [0.3, 0.4) is 0 Å². The van der Waals surface area contributed by atoms with Gasteiger partial charge in [-0.05, 0) is 30.3 Å². The van der Waals surface area contributed by atoms with Crippen LogP contribution in [0, 0.1) is 11.6 Å². The van der Waals surface area contributed by atoms with Crippen molar-refractivity contribution in [3.05, 3.63) is 58.6 Å². The predicted octanol–water partition coefficient (Wildman–Crippen LogP) is 3.12. The standard InChI is InChI=1S/C13H8ClF2NO4S/c14-10-3-2-8(6-9(10)13(18)19)17-22(20,21)12-4-1-7(15)5-11(12)16/h1-6,17H,(H,18,19). The molecule has 0 amide bonds. The minimum absolute atomic E-state index is 0.0802. The fourth-order valence-corrected chi connectivity index (χ4v) is 2.96. The van der Waals surface area contributed by atoms with Crippen LogP contribution in [-0.4, -0.2) is 19.5 Å². The molecule has 0 saturated carbocycles. The van der Waals surface area contributed by atoms with Crippen molar-refractivity contribution >= 4 is 33.3 Å². The van der Waals surface area contributed by atoms with E-state index in [2.05, 4.69) is 0 Å². The summed E-state index contributed by atoms with van der Waals surface area (Å²) in [7, 11) is -4.34. The Kier molecular flexibility index (Phi) is 4.34. The molecule has 0 aliphatic heterocycles. The molecular formula is C13H8ClF2NO4S. The second-order valence-electron chi connectivity index (χ2n) is 4.18. The summed E-state index contributed by atoms with van der Waals surface area (Å²) in [5.41, 5.74) is -0.438. The number of aromatic carboxylic acids is 1. The van der Waals surface area contributed by atoms with Gasteiger partial charge in [0.2, 0.25) is 0 Å². The van der Waals surface area contributed by atoms with Gasteiger partial charge in [-0.1, -0.05) is 11.6 Å². The van der Waals surface area contributed by atoms with E-state index >= 15 is 0 Å². The summed E-state index contributed by atoms with van der Waals surface area (Å²) in [6.07, 6.45) is 0. The number of anilines is 1. The van der Waals surface area contributed by atoms with Crippen LogP contribution in [0.2, 0.25) is 5.02 Å². The Labute approximate surface area is 129 Å². The molecule has 5 nitrogen and oxygen atoms in total. The molecule has 2 rings (SSSR count). The Morgan fingerprint density at radius 1 is 1.14 bits per heavy atom. The fourth-order valence-electron chi connectivity index (χ4n) is 1.66. The SMILES string of the molecule is O=C(O)c1cc(NS(=O)(=O)c2ccc(F)cc2F)ccc1Cl. The monoisotopic (exact) mass is 347 g/mol. The second-order valence-corrected chi connectivity index (χ2v) is 6.24. The number of benzene rings is 2. The summed E-state index contributed by atoms with van der Waals surface area (Å²) in [5, 5.41) is 8.84. The molecule has 0 aromatic heterocycles. The lowest BCUT2D eigenvalue weighted by Crippen LogP contribution is -2.15. The van der Waals surface area contributed by atoms with Crippen LogP contribution in [0.25, 0.3) is 0 Å². The van der Waals surface area contributed by atoms with Gasteiger partial charge in [-0.2, -0.15) is 0 Å². The molecule has 0 radical (unpaired) electrons. The molecule has 116 valence electrons. The lowest BCUT2D eigenvalue weighted by atomic mass is 10.2. The lowest BCUT2D eigenvalue weighted by Gasteiger charge is -2.10. The first-order chi connectivity index (χ1) is 10.2. The molecule has 2 aromatic carbocycles. The summed E-state index contributed by atoms with van der Waals surface area (Å²) < 4.78 is 52.5. The Morgan fingerprint density at radius 2 is 1.82 bits per heavy atom. The van der Waals surface area contributed by atoms with Gasteiger partial charge in [0.15, 0.2) is 0 Å². The first kappa shape index (κ1) is 16.2. The number of carboxylic acids is 1. The van der Waals surface area contributed by atoms with Gasteiger partial charge >= 0.3 is 5.97 Å². The summed E-state index contributed by atoms with van der Waals surface area (Å²) in [4.78, 5) is 10.2. The van der Waals surface area contributed by atoms with Crippen molar-refractivity contribution in [2.75, 3.05) is 4.72 Å². The van der Waals surface area contributed by atoms with Gasteiger partial charge in [0.1, 0.15) is 16.5 Å². The molecule has 0 spiro atoms. The summed E-state index contributed by atoms with van der Waals surface area (Å²) in [6, 6.07) is 5.38. The third-order valence-electron chi connectivity index (χ3n) is 2.63. The zero-order valence-electron chi connectivity index (χ0n) is 10.7. The normalized spacial score (nSPS) is 11.2. The highest BCUT2D eigenvalue weighted by atomic mass is 35.5. The number of sulfonamides is 1. The van der Waals surface area contributed by atoms with E-state index in [9.17, 15) is 22.0 Å². The maximum absolute atomic E-state index is 13.5. The number of halogens is 3. The minimum Gasteiger partial charge on any atom is -0.478 e. The van der Waals surface area contributed by atoms with Crippen LogP contribution >= 0.6 is 11.6 Å².